The highest BCUT2D eigenvalue weighted by Crippen LogP contribution is 1.98. The zero-order valence-electron chi connectivity index (χ0n) is 6.59. The molecular weight excluding hydrogens is 166 g/mol. The van der Waals surface area contributed by atoms with Crippen molar-refractivity contribution in [3.63, 3.8) is 0 Å². The summed E-state index contributed by atoms with van der Waals surface area (Å²) in [6.45, 7) is 5.52. The second-order valence-electron chi connectivity index (χ2n) is 2.62. The summed E-state index contributed by atoms with van der Waals surface area (Å²) in [6.07, 6.45) is 1.00. The van der Waals surface area contributed by atoms with E-state index in [-0.39, 0.29) is 0 Å². The first-order valence-corrected chi connectivity index (χ1v) is 4.28. The molecule has 0 saturated carbocycles. The standard InChI is InChI=1S/C7H14ClNO2/c8-11-5-1-2-9-3-6-10-7-4-9/h1-7H2. The molecule has 0 aromatic rings. The van der Waals surface area contributed by atoms with Crippen molar-refractivity contribution >= 4 is 11.9 Å². The Balaban J connectivity index is 1.96. The van der Waals surface area contributed by atoms with Crippen molar-refractivity contribution in [2.45, 2.75) is 6.42 Å². The van der Waals surface area contributed by atoms with Crippen molar-refractivity contribution in [2.75, 3.05) is 39.5 Å². The van der Waals surface area contributed by atoms with E-state index in [0.717, 1.165) is 39.3 Å². The summed E-state index contributed by atoms with van der Waals surface area (Å²) in [5.74, 6) is 0. The molecule has 1 heterocycles. The van der Waals surface area contributed by atoms with E-state index in [1.165, 1.54) is 0 Å². The Labute approximate surface area is 72.4 Å². The zero-order valence-corrected chi connectivity index (χ0v) is 7.35. The van der Waals surface area contributed by atoms with E-state index in [1.54, 1.807) is 0 Å². The van der Waals surface area contributed by atoms with Crippen LogP contribution in [0.5, 0.6) is 0 Å². The molecule has 0 unspecified atom stereocenters. The molecular formula is C7H14ClNO2. The Bertz CT molecular complexity index is 96.4. The predicted molar refractivity (Wildman–Crippen MR) is 43.7 cm³/mol. The Morgan fingerprint density at radius 1 is 1.36 bits per heavy atom. The quantitative estimate of drug-likeness (QED) is 0.599. The number of rotatable bonds is 4. The van der Waals surface area contributed by atoms with Crippen LogP contribution in [-0.2, 0) is 9.03 Å². The second-order valence-corrected chi connectivity index (χ2v) is 2.84. The summed E-state index contributed by atoms with van der Waals surface area (Å²) in [6, 6.07) is 0. The maximum atomic E-state index is 5.21. The van der Waals surface area contributed by atoms with Gasteiger partial charge in [-0.25, -0.2) is 0 Å². The molecule has 0 atom stereocenters. The molecule has 0 N–H and O–H groups in total. The molecule has 0 bridgehead atoms. The normalized spacial score (nSPS) is 20.5. The highest BCUT2D eigenvalue weighted by Gasteiger charge is 2.08. The molecule has 1 fully saturated rings. The van der Waals surface area contributed by atoms with Gasteiger partial charge in [-0.15, -0.1) is 0 Å². The van der Waals surface area contributed by atoms with Gasteiger partial charge < -0.3 is 4.74 Å². The smallest absolute Gasteiger partial charge is 0.0694 e. The number of morpholine rings is 1. The number of ether oxygens (including phenoxy) is 1. The third-order valence-corrected chi connectivity index (χ3v) is 1.95. The molecule has 0 spiro atoms. The van der Waals surface area contributed by atoms with Crippen molar-refractivity contribution in [3.05, 3.63) is 0 Å². The van der Waals surface area contributed by atoms with Crippen LogP contribution < -0.4 is 0 Å². The van der Waals surface area contributed by atoms with E-state index in [9.17, 15) is 0 Å². The highest BCUT2D eigenvalue weighted by molar-refractivity contribution is 6.07. The van der Waals surface area contributed by atoms with Gasteiger partial charge in [-0.05, 0) is 6.42 Å². The number of hydrogen-bond acceptors (Lipinski definition) is 3. The Morgan fingerprint density at radius 3 is 2.73 bits per heavy atom. The average molecular weight is 180 g/mol. The Hall–Kier alpha value is 0.170. The molecule has 0 aromatic carbocycles. The topological polar surface area (TPSA) is 21.7 Å². The van der Waals surface area contributed by atoms with Crippen LogP contribution in [0.4, 0.5) is 0 Å². The number of nitrogens with zero attached hydrogens (tertiary/aromatic N) is 1. The zero-order chi connectivity index (χ0) is 7.94. The molecule has 0 amide bonds. The fourth-order valence-electron chi connectivity index (χ4n) is 1.17. The summed E-state index contributed by atoms with van der Waals surface area (Å²) in [5.41, 5.74) is 0. The van der Waals surface area contributed by atoms with Crippen LogP contribution in [0.1, 0.15) is 6.42 Å². The molecule has 3 nitrogen and oxygen atoms in total. The lowest BCUT2D eigenvalue weighted by Crippen LogP contribution is -2.37. The van der Waals surface area contributed by atoms with Crippen LogP contribution in [0, 0.1) is 0 Å². The van der Waals surface area contributed by atoms with Crippen LogP contribution >= 0.6 is 11.9 Å². The summed E-state index contributed by atoms with van der Waals surface area (Å²) >= 11 is 5.08. The van der Waals surface area contributed by atoms with Gasteiger partial charge in [0.1, 0.15) is 0 Å². The predicted octanol–water partition coefficient (Wildman–Crippen LogP) is 0.879. The molecule has 66 valence electrons. The van der Waals surface area contributed by atoms with Crippen molar-refractivity contribution in [1.29, 1.82) is 0 Å². The molecule has 1 rings (SSSR count). The molecule has 4 heteroatoms. The second kappa shape index (κ2) is 5.77. The van der Waals surface area contributed by atoms with E-state index in [4.69, 9.17) is 16.6 Å². The SMILES string of the molecule is ClOCCCN1CCOCC1. The molecule has 0 aliphatic carbocycles. The van der Waals surface area contributed by atoms with Crippen LogP contribution in [0.15, 0.2) is 0 Å². The lowest BCUT2D eigenvalue weighted by Gasteiger charge is -2.26. The van der Waals surface area contributed by atoms with Crippen molar-refractivity contribution < 1.29 is 9.03 Å². The minimum absolute atomic E-state index is 0.638. The van der Waals surface area contributed by atoms with Gasteiger partial charge in [0, 0.05) is 19.6 Å². The molecule has 0 aromatic heterocycles. The third-order valence-electron chi connectivity index (χ3n) is 1.80. The van der Waals surface area contributed by atoms with E-state index in [0.29, 0.717) is 6.61 Å². The molecule has 11 heavy (non-hydrogen) atoms. The highest BCUT2D eigenvalue weighted by atomic mass is 35.5. The first-order valence-electron chi connectivity index (χ1n) is 3.97. The minimum atomic E-state index is 0.638. The third kappa shape index (κ3) is 3.91. The average Bonchev–Trinajstić information content (AvgIpc) is 2.07. The molecule has 1 aliphatic rings. The van der Waals surface area contributed by atoms with Gasteiger partial charge in [-0.3, -0.25) is 9.19 Å². The summed E-state index contributed by atoms with van der Waals surface area (Å²) in [5, 5.41) is 0. The Morgan fingerprint density at radius 2 is 2.09 bits per heavy atom. The lowest BCUT2D eigenvalue weighted by molar-refractivity contribution is 0.0359. The van der Waals surface area contributed by atoms with Crippen molar-refractivity contribution in [2.24, 2.45) is 0 Å². The van der Waals surface area contributed by atoms with Gasteiger partial charge in [0.05, 0.1) is 31.7 Å². The summed E-state index contributed by atoms with van der Waals surface area (Å²) in [7, 11) is 0. The van der Waals surface area contributed by atoms with Gasteiger partial charge in [-0.1, -0.05) is 0 Å². The monoisotopic (exact) mass is 179 g/mol. The summed E-state index contributed by atoms with van der Waals surface area (Å²) in [4.78, 5) is 2.36. The van der Waals surface area contributed by atoms with Crippen LogP contribution in [0.25, 0.3) is 0 Å². The lowest BCUT2D eigenvalue weighted by atomic mass is 10.3. The number of halogens is 1. The van der Waals surface area contributed by atoms with E-state index in [1.807, 2.05) is 0 Å². The fourth-order valence-corrected chi connectivity index (χ4v) is 1.28. The first-order chi connectivity index (χ1) is 5.43. The van der Waals surface area contributed by atoms with Crippen LogP contribution in [-0.4, -0.2) is 44.4 Å². The first kappa shape index (κ1) is 9.26. The maximum absolute atomic E-state index is 5.21. The van der Waals surface area contributed by atoms with Crippen molar-refractivity contribution in [3.8, 4) is 0 Å². The maximum Gasteiger partial charge on any atom is 0.0694 e. The van der Waals surface area contributed by atoms with Crippen molar-refractivity contribution in [1.82, 2.24) is 4.90 Å². The van der Waals surface area contributed by atoms with Gasteiger partial charge in [0.15, 0.2) is 0 Å². The molecule has 1 aliphatic heterocycles. The van der Waals surface area contributed by atoms with Crippen LogP contribution in [0.3, 0.4) is 0 Å². The largest absolute Gasteiger partial charge is 0.379 e. The van der Waals surface area contributed by atoms with Gasteiger partial charge in [0.2, 0.25) is 0 Å². The van der Waals surface area contributed by atoms with E-state index in [2.05, 4.69) is 9.19 Å². The number of hydrogen-bond donors (Lipinski definition) is 0. The molecule has 1 saturated heterocycles. The Kier molecular flexibility index (Phi) is 4.86. The van der Waals surface area contributed by atoms with Gasteiger partial charge in [0.25, 0.3) is 0 Å². The molecule has 0 radical (unpaired) electrons. The van der Waals surface area contributed by atoms with Gasteiger partial charge >= 0.3 is 0 Å². The van der Waals surface area contributed by atoms with Crippen LogP contribution in [0.2, 0.25) is 0 Å². The van der Waals surface area contributed by atoms with Gasteiger partial charge in [-0.2, -0.15) is 0 Å². The minimum Gasteiger partial charge on any atom is -0.379 e. The summed E-state index contributed by atoms with van der Waals surface area (Å²) < 4.78 is 9.65. The van der Waals surface area contributed by atoms with E-state index >= 15 is 0 Å². The fraction of sp³-hybridized carbons (Fsp3) is 1.00. The van der Waals surface area contributed by atoms with E-state index < -0.39 is 0 Å².